The topological polar surface area (TPSA) is 82.2 Å². The summed E-state index contributed by atoms with van der Waals surface area (Å²) in [6.45, 7) is 5.16. The third kappa shape index (κ3) is 3.11. The van der Waals surface area contributed by atoms with Crippen molar-refractivity contribution < 1.29 is 14.7 Å². The Bertz CT molecular complexity index is 705. The molecule has 0 saturated heterocycles. The van der Waals surface area contributed by atoms with Crippen LogP contribution in [0.5, 0.6) is 0 Å². The average Bonchev–Trinajstić information content (AvgIpc) is 2.93. The van der Waals surface area contributed by atoms with Crippen LogP contribution in [0.25, 0.3) is 0 Å². The van der Waals surface area contributed by atoms with E-state index in [0.29, 0.717) is 21.2 Å². The van der Waals surface area contributed by atoms with Crippen molar-refractivity contribution in [1.82, 2.24) is 10.3 Å². The number of aromatic carboxylic acids is 1. The van der Waals surface area contributed by atoms with Crippen LogP contribution in [0.2, 0.25) is 4.34 Å². The molecule has 1 unspecified atom stereocenters. The van der Waals surface area contributed by atoms with Gasteiger partial charge in [0.25, 0.3) is 5.91 Å². The largest absolute Gasteiger partial charge is 0.477 e. The second kappa shape index (κ2) is 5.91. The fourth-order valence-electron chi connectivity index (χ4n) is 2.21. The second-order valence-corrected chi connectivity index (χ2v) is 6.51. The lowest BCUT2D eigenvalue weighted by atomic mass is 10.1. The van der Waals surface area contributed by atoms with Crippen LogP contribution in [0.1, 0.15) is 49.9 Å². The SMILES string of the molecule is Cc1[nH]c(C(=O)O)c(C)c1C(=O)NC(C)c1ccc(Cl)s1. The Balaban J connectivity index is 2.23. The summed E-state index contributed by atoms with van der Waals surface area (Å²) in [5.74, 6) is -1.38. The number of carboxylic acid groups (broad SMARTS) is 1. The Morgan fingerprint density at radius 1 is 1.38 bits per heavy atom. The molecule has 7 heteroatoms. The van der Waals surface area contributed by atoms with E-state index in [-0.39, 0.29) is 17.6 Å². The number of aryl methyl sites for hydroxylation is 1. The molecule has 5 nitrogen and oxygen atoms in total. The first-order valence-electron chi connectivity index (χ1n) is 6.29. The third-order valence-electron chi connectivity index (χ3n) is 3.25. The number of nitrogens with one attached hydrogen (secondary N) is 2. The van der Waals surface area contributed by atoms with Crippen molar-refractivity contribution >= 4 is 34.8 Å². The van der Waals surface area contributed by atoms with Gasteiger partial charge in [-0.1, -0.05) is 11.6 Å². The molecule has 1 amide bonds. The summed E-state index contributed by atoms with van der Waals surface area (Å²) in [6.07, 6.45) is 0. The Kier molecular flexibility index (Phi) is 4.39. The lowest BCUT2D eigenvalue weighted by Crippen LogP contribution is -2.27. The minimum Gasteiger partial charge on any atom is -0.477 e. The molecule has 0 aromatic carbocycles. The number of aromatic amines is 1. The first-order chi connectivity index (χ1) is 9.81. The van der Waals surface area contributed by atoms with Gasteiger partial charge in [0, 0.05) is 10.6 Å². The molecule has 3 N–H and O–H groups in total. The third-order valence-corrected chi connectivity index (χ3v) is 4.66. The van der Waals surface area contributed by atoms with Crippen molar-refractivity contribution in [2.45, 2.75) is 26.8 Å². The normalized spacial score (nSPS) is 12.2. The molecule has 0 aliphatic carbocycles. The Morgan fingerprint density at radius 2 is 2.05 bits per heavy atom. The van der Waals surface area contributed by atoms with Crippen molar-refractivity contribution in [3.8, 4) is 0 Å². The second-order valence-electron chi connectivity index (χ2n) is 4.77. The highest BCUT2D eigenvalue weighted by Crippen LogP contribution is 2.27. The van der Waals surface area contributed by atoms with E-state index < -0.39 is 5.97 Å². The predicted molar refractivity (Wildman–Crippen MR) is 82.4 cm³/mol. The molecule has 21 heavy (non-hydrogen) atoms. The Labute approximate surface area is 130 Å². The lowest BCUT2D eigenvalue weighted by molar-refractivity contribution is 0.0690. The van der Waals surface area contributed by atoms with Crippen molar-refractivity contribution in [3.05, 3.63) is 43.9 Å². The van der Waals surface area contributed by atoms with Gasteiger partial charge in [-0.25, -0.2) is 4.79 Å². The van der Waals surface area contributed by atoms with E-state index in [1.54, 1.807) is 19.9 Å². The fraction of sp³-hybridized carbons (Fsp3) is 0.286. The maximum Gasteiger partial charge on any atom is 0.352 e. The van der Waals surface area contributed by atoms with Gasteiger partial charge in [-0.3, -0.25) is 4.79 Å². The van der Waals surface area contributed by atoms with Gasteiger partial charge in [0.05, 0.1) is 15.9 Å². The summed E-state index contributed by atoms with van der Waals surface area (Å²) < 4.78 is 0.660. The molecule has 2 heterocycles. The highest BCUT2D eigenvalue weighted by molar-refractivity contribution is 7.16. The Hall–Kier alpha value is -1.79. The monoisotopic (exact) mass is 326 g/mol. The number of carbonyl (C=O) groups excluding carboxylic acids is 1. The maximum atomic E-state index is 12.4. The number of hydrogen-bond donors (Lipinski definition) is 3. The average molecular weight is 327 g/mol. The van der Waals surface area contributed by atoms with Gasteiger partial charge in [-0.05, 0) is 38.5 Å². The molecular formula is C14H15ClN2O3S. The number of aromatic nitrogens is 1. The molecule has 0 fully saturated rings. The van der Waals surface area contributed by atoms with E-state index in [1.807, 2.05) is 13.0 Å². The number of halogens is 1. The zero-order valence-electron chi connectivity index (χ0n) is 11.8. The van der Waals surface area contributed by atoms with Gasteiger partial charge in [0.15, 0.2) is 0 Å². The molecule has 0 aliphatic rings. The van der Waals surface area contributed by atoms with Crippen LogP contribution in [0.15, 0.2) is 12.1 Å². The number of rotatable bonds is 4. The molecule has 0 saturated carbocycles. The molecule has 0 bridgehead atoms. The van der Waals surface area contributed by atoms with Gasteiger partial charge < -0.3 is 15.4 Å². The van der Waals surface area contributed by atoms with Gasteiger partial charge in [-0.15, -0.1) is 11.3 Å². The smallest absolute Gasteiger partial charge is 0.352 e. The van der Waals surface area contributed by atoms with E-state index in [9.17, 15) is 9.59 Å². The van der Waals surface area contributed by atoms with E-state index >= 15 is 0 Å². The summed E-state index contributed by atoms with van der Waals surface area (Å²) in [6, 6.07) is 3.44. The maximum absolute atomic E-state index is 12.4. The lowest BCUT2D eigenvalue weighted by Gasteiger charge is -2.12. The van der Waals surface area contributed by atoms with Gasteiger partial charge in [0.2, 0.25) is 0 Å². The molecule has 2 rings (SSSR count). The zero-order valence-corrected chi connectivity index (χ0v) is 13.4. The fourth-order valence-corrected chi connectivity index (χ4v) is 3.27. The molecule has 1 atom stereocenters. The first-order valence-corrected chi connectivity index (χ1v) is 7.49. The number of carbonyl (C=O) groups is 2. The van der Waals surface area contributed by atoms with E-state index in [0.717, 1.165) is 4.88 Å². The molecule has 2 aromatic rings. The van der Waals surface area contributed by atoms with Gasteiger partial charge >= 0.3 is 5.97 Å². The van der Waals surface area contributed by atoms with Crippen molar-refractivity contribution in [2.75, 3.05) is 0 Å². The van der Waals surface area contributed by atoms with Crippen molar-refractivity contribution in [2.24, 2.45) is 0 Å². The number of thiophene rings is 1. The number of hydrogen-bond acceptors (Lipinski definition) is 3. The van der Waals surface area contributed by atoms with Gasteiger partial charge in [0.1, 0.15) is 5.69 Å². The minimum absolute atomic E-state index is 0.0458. The standard InChI is InChI=1S/C14H15ClN2O3S/c1-6-11(8(3)16-12(6)14(19)20)13(18)17-7(2)9-4-5-10(15)21-9/h4-5,7,16H,1-3H3,(H,17,18)(H,19,20). The van der Waals surface area contributed by atoms with E-state index in [1.165, 1.54) is 11.3 Å². The predicted octanol–water partition coefficient (Wildman–Crippen LogP) is 3.54. The summed E-state index contributed by atoms with van der Waals surface area (Å²) in [4.78, 5) is 27.1. The molecule has 0 aliphatic heterocycles. The summed E-state index contributed by atoms with van der Waals surface area (Å²) in [5, 5.41) is 11.9. The molecule has 2 aromatic heterocycles. The zero-order chi connectivity index (χ0) is 15.7. The minimum atomic E-state index is -1.08. The summed E-state index contributed by atoms with van der Waals surface area (Å²) >= 11 is 7.28. The van der Waals surface area contributed by atoms with Crippen LogP contribution < -0.4 is 5.32 Å². The number of H-pyrrole nitrogens is 1. The van der Waals surface area contributed by atoms with E-state index in [2.05, 4.69) is 10.3 Å². The highest BCUT2D eigenvalue weighted by Gasteiger charge is 2.23. The molecular weight excluding hydrogens is 312 g/mol. The number of carboxylic acids is 1. The van der Waals surface area contributed by atoms with Crippen LogP contribution in [-0.2, 0) is 0 Å². The summed E-state index contributed by atoms with van der Waals surface area (Å²) in [7, 11) is 0. The van der Waals surface area contributed by atoms with Crippen molar-refractivity contribution in [1.29, 1.82) is 0 Å². The van der Waals surface area contributed by atoms with Crippen molar-refractivity contribution in [3.63, 3.8) is 0 Å². The molecule has 0 radical (unpaired) electrons. The van der Waals surface area contributed by atoms with E-state index in [4.69, 9.17) is 16.7 Å². The van der Waals surface area contributed by atoms with Crippen LogP contribution in [0.3, 0.4) is 0 Å². The van der Waals surface area contributed by atoms with Crippen LogP contribution in [0, 0.1) is 13.8 Å². The first kappa shape index (κ1) is 15.6. The highest BCUT2D eigenvalue weighted by atomic mass is 35.5. The summed E-state index contributed by atoms with van der Waals surface area (Å²) in [5.41, 5.74) is 1.40. The van der Waals surface area contributed by atoms with Crippen LogP contribution in [-0.4, -0.2) is 22.0 Å². The van der Waals surface area contributed by atoms with Gasteiger partial charge in [-0.2, -0.15) is 0 Å². The van der Waals surface area contributed by atoms with Crippen LogP contribution >= 0.6 is 22.9 Å². The van der Waals surface area contributed by atoms with Crippen LogP contribution in [0.4, 0.5) is 0 Å². The Morgan fingerprint density at radius 3 is 2.52 bits per heavy atom. The number of amides is 1. The molecule has 0 spiro atoms. The molecule has 112 valence electrons. The quantitative estimate of drug-likeness (QED) is 0.803.